The zero-order valence-corrected chi connectivity index (χ0v) is 6.57. The van der Waals surface area contributed by atoms with E-state index in [1.165, 1.54) is 6.20 Å². The second-order valence-corrected chi connectivity index (χ2v) is 2.56. The molecule has 1 aromatic rings. The highest BCUT2D eigenvalue weighted by molar-refractivity contribution is 5.26. The molecule has 0 N–H and O–H groups in total. The van der Waals surface area contributed by atoms with E-state index in [-0.39, 0.29) is 5.92 Å². The van der Waals surface area contributed by atoms with E-state index in [9.17, 15) is 0 Å². The molecule has 0 aromatic carbocycles. The van der Waals surface area contributed by atoms with Crippen LogP contribution in [0.3, 0.4) is 0 Å². The summed E-state index contributed by atoms with van der Waals surface area (Å²) in [6.07, 6.45) is 3.14. The average molecular weight is 147 g/mol. The third-order valence-electron chi connectivity index (χ3n) is 1.38. The lowest BCUT2D eigenvalue weighted by Crippen LogP contribution is -1.98. The molecule has 1 heterocycles. The lowest BCUT2D eigenvalue weighted by atomic mass is 10.1. The molecule has 0 bridgehead atoms. The van der Waals surface area contributed by atoms with Gasteiger partial charge in [-0.2, -0.15) is 5.26 Å². The van der Waals surface area contributed by atoms with Gasteiger partial charge in [-0.05, 0) is 5.92 Å². The summed E-state index contributed by atoms with van der Waals surface area (Å²) in [5.41, 5.74) is 1.21. The number of aromatic nitrogens is 2. The van der Waals surface area contributed by atoms with Gasteiger partial charge in [-0.1, -0.05) is 13.8 Å². The normalized spacial score (nSPS) is 9.64. The van der Waals surface area contributed by atoms with E-state index in [4.69, 9.17) is 5.26 Å². The fourth-order valence-electron chi connectivity index (χ4n) is 0.857. The molecule has 3 nitrogen and oxygen atoms in total. The lowest BCUT2D eigenvalue weighted by molar-refractivity contribution is 0.805. The largest absolute Gasteiger partial charge is 0.256 e. The zero-order chi connectivity index (χ0) is 8.27. The Morgan fingerprint density at radius 3 is 2.45 bits per heavy atom. The van der Waals surface area contributed by atoms with Crippen molar-refractivity contribution in [3.05, 3.63) is 23.8 Å². The molecule has 0 spiro atoms. The number of hydrogen-bond donors (Lipinski definition) is 0. The number of rotatable bonds is 1. The van der Waals surface area contributed by atoms with Gasteiger partial charge in [-0.15, -0.1) is 0 Å². The van der Waals surface area contributed by atoms with Crippen LogP contribution in [0.25, 0.3) is 0 Å². The van der Waals surface area contributed by atoms with Gasteiger partial charge in [0.2, 0.25) is 0 Å². The molecule has 0 atom stereocenters. The third-order valence-corrected chi connectivity index (χ3v) is 1.38. The van der Waals surface area contributed by atoms with E-state index >= 15 is 0 Å². The van der Waals surface area contributed by atoms with Gasteiger partial charge >= 0.3 is 0 Å². The van der Waals surface area contributed by atoms with Crippen LogP contribution in [0, 0.1) is 11.3 Å². The zero-order valence-electron chi connectivity index (χ0n) is 6.57. The maximum atomic E-state index is 8.61. The highest BCUT2D eigenvalue weighted by atomic mass is 14.8. The predicted molar refractivity (Wildman–Crippen MR) is 40.8 cm³/mol. The first kappa shape index (κ1) is 7.67. The van der Waals surface area contributed by atoms with Crippen molar-refractivity contribution in [3.8, 4) is 6.07 Å². The summed E-state index contributed by atoms with van der Waals surface area (Å²) in [7, 11) is 0. The Hall–Kier alpha value is -1.43. The molecule has 0 amide bonds. The van der Waals surface area contributed by atoms with Gasteiger partial charge in [-0.25, -0.2) is 4.98 Å². The van der Waals surface area contributed by atoms with Crippen molar-refractivity contribution in [2.24, 2.45) is 0 Å². The van der Waals surface area contributed by atoms with Crippen molar-refractivity contribution in [3.63, 3.8) is 0 Å². The second kappa shape index (κ2) is 3.11. The van der Waals surface area contributed by atoms with E-state index in [1.54, 1.807) is 6.20 Å². The number of nitriles is 1. The van der Waals surface area contributed by atoms with E-state index < -0.39 is 0 Å². The van der Waals surface area contributed by atoms with Crippen molar-refractivity contribution < 1.29 is 0 Å². The molecule has 0 unspecified atom stereocenters. The quantitative estimate of drug-likeness (QED) is 0.604. The molecule has 56 valence electrons. The van der Waals surface area contributed by atoms with Crippen LogP contribution in [-0.2, 0) is 0 Å². The molecule has 3 heteroatoms. The SMILES string of the molecule is CC(C)c1nccnc1C#N. The predicted octanol–water partition coefficient (Wildman–Crippen LogP) is 1.47. The molecule has 1 rings (SSSR count). The van der Waals surface area contributed by atoms with Crippen molar-refractivity contribution in [2.45, 2.75) is 19.8 Å². The van der Waals surface area contributed by atoms with Crippen LogP contribution in [-0.4, -0.2) is 9.97 Å². The topological polar surface area (TPSA) is 49.6 Å². The molecular weight excluding hydrogens is 138 g/mol. The second-order valence-electron chi connectivity index (χ2n) is 2.56. The molecule has 0 radical (unpaired) electrons. The highest BCUT2D eigenvalue weighted by Gasteiger charge is 2.06. The molecule has 1 aromatic heterocycles. The Morgan fingerprint density at radius 2 is 2.00 bits per heavy atom. The molecule has 0 aliphatic carbocycles. The number of nitrogens with zero attached hydrogens (tertiary/aromatic N) is 3. The summed E-state index contributed by atoms with van der Waals surface area (Å²) in [6.45, 7) is 3.98. The molecule has 0 aliphatic rings. The summed E-state index contributed by atoms with van der Waals surface area (Å²) < 4.78 is 0. The minimum atomic E-state index is 0.262. The van der Waals surface area contributed by atoms with Crippen LogP contribution in [0.15, 0.2) is 12.4 Å². The molecular formula is C8H9N3. The summed E-state index contributed by atoms with van der Waals surface area (Å²) in [5.74, 6) is 0.262. The van der Waals surface area contributed by atoms with E-state index in [0.717, 1.165) is 5.69 Å². The molecule has 0 saturated carbocycles. The van der Waals surface area contributed by atoms with Crippen molar-refractivity contribution >= 4 is 0 Å². The van der Waals surface area contributed by atoms with Crippen LogP contribution in [0.4, 0.5) is 0 Å². The summed E-state index contributed by atoms with van der Waals surface area (Å²) in [6, 6.07) is 2.00. The standard InChI is InChI=1S/C8H9N3/c1-6(2)8-7(5-9)10-3-4-11-8/h3-4,6H,1-2H3. The van der Waals surface area contributed by atoms with Crippen molar-refractivity contribution in [1.82, 2.24) is 9.97 Å². The maximum absolute atomic E-state index is 8.61. The minimum Gasteiger partial charge on any atom is -0.256 e. The maximum Gasteiger partial charge on any atom is 0.162 e. The first-order valence-electron chi connectivity index (χ1n) is 3.46. The van der Waals surface area contributed by atoms with Crippen molar-refractivity contribution in [2.75, 3.05) is 0 Å². The minimum absolute atomic E-state index is 0.262. The Labute approximate surface area is 65.7 Å². The smallest absolute Gasteiger partial charge is 0.162 e. The molecule has 0 saturated heterocycles. The Kier molecular flexibility index (Phi) is 2.17. The first-order valence-corrected chi connectivity index (χ1v) is 3.46. The van der Waals surface area contributed by atoms with Gasteiger partial charge in [0.25, 0.3) is 0 Å². The Morgan fingerprint density at radius 1 is 1.36 bits per heavy atom. The van der Waals surface area contributed by atoms with Crippen molar-refractivity contribution in [1.29, 1.82) is 5.26 Å². The monoisotopic (exact) mass is 147 g/mol. The number of hydrogen-bond acceptors (Lipinski definition) is 3. The summed E-state index contributed by atoms with van der Waals surface area (Å²) >= 11 is 0. The fraction of sp³-hybridized carbons (Fsp3) is 0.375. The molecule has 0 aliphatic heterocycles. The van der Waals surface area contributed by atoms with Gasteiger partial charge in [0.15, 0.2) is 5.69 Å². The highest BCUT2D eigenvalue weighted by Crippen LogP contribution is 2.12. The molecule has 0 fully saturated rings. The molecule has 11 heavy (non-hydrogen) atoms. The van der Waals surface area contributed by atoms with Gasteiger partial charge in [-0.3, -0.25) is 4.98 Å². The van der Waals surface area contributed by atoms with E-state index in [1.807, 2.05) is 19.9 Å². The first-order chi connectivity index (χ1) is 5.25. The van der Waals surface area contributed by atoms with Crippen LogP contribution in [0.5, 0.6) is 0 Å². The summed E-state index contributed by atoms with van der Waals surface area (Å²) in [4.78, 5) is 7.96. The van der Waals surface area contributed by atoms with Crippen LogP contribution >= 0.6 is 0 Å². The van der Waals surface area contributed by atoms with Gasteiger partial charge in [0.1, 0.15) is 6.07 Å². The average Bonchev–Trinajstić information content (AvgIpc) is 2.04. The Balaban J connectivity index is 3.15. The lowest BCUT2D eigenvalue weighted by Gasteiger charge is -2.02. The van der Waals surface area contributed by atoms with Crippen LogP contribution in [0.2, 0.25) is 0 Å². The van der Waals surface area contributed by atoms with Crippen LogP contribution in [0.1, 0.15) is 31.2 Å². The summed E-state index contributed by atoms with van der Waals surface area (Å²) in [5, 5.41) is 8.61. The van der Waals surface area contributed by atoms with Gasteiger partial charge in [0.05, 0.1) is 5.69 Å². The van der Waals surface area contributed by atoms with E-state index in [0.29, 0.717) is 5.69 Å². The van der Waals surface area contributed by atoms with E-state index in [2.05, 4.69) is 9.97 Å². The fourth-order valence-corrected chi connectivity index (χ4v) is 0.857. The van der Waals surface area contributed by atoms with Crippen LogP contribution < -0.4 is 0 Å². The third kappa shape index (κ3) is 1.53. The Bertz CT molecular complexity index is 286. The van der Waals surface area contributed by atoms with Gasteiger partial charge in [0, 0.05) is 12.4 Å². The van der Waals surface area contributed by atoms with Gasteiger partial charge < -0.3 is 0 Å².